The molecule has 0 aliphatic carbocycles. The van der Waals surface area contributed by atoms with Crippen LogP contribution in [0.4, 0.5) is 5.69 Å². The number of anilines is 1. The fourth-order valence-corrected chi connectivity index (χ4v) is 4.49. The van der Waals surface area contributed by atoms with Gasteiger partial charge < -0.3 is 5.32 Å². The third kappa shape index (κ3) is 4.16. The third-order valence-corrected chi connectivity index (χ3v) is 6.31. The number of rotatable bonds is 5. The molecular weight excluding hydrogens is 320 g/mol. The molecule has 1 heterocycles. The standard InChI is InChI=1S/C19H24N2O2S/c22-24(23,21-14-6-1-2-7-15-21)19-12-10-18(11-13-19)20-16-17-8-4-3-5-9-17/h3-5,8-13,20H,1-2,6-7,14-16H2. The predicted molar refractivity (Wildman–Crippen MR) is 97.4 cm³/mol. The average molecular weight is 344 g/mol. The van der Waals surface area contributed by atoms with Crippen molar-refractivity contribution in [2.75, 3.05) is 18.4 Å². The molecule has 5 heteroatoms. The highest BCUT2D eigenvalue weighted by atomic mass is 32.2. The van der Waals surface area contributed by atoms with Crippen LogP contribution in [0.2, 0.25) is 0 Å². The molecule has 0 unspecified atom stereocenters. The van der Waals surface area contributed by atoms with Crippen molar-refractivity contribution in [2.24, 2.45) is 0 Å². The Morgan fingerprint density at radius 3 is 2.08 bits per heavy atom. The Labute approximate surface area is 144 Å². The fraction of sp³-hybridized carbons (Fsp3) is 0.368. The van der Waals surface area contributed by atoms with Gasteiger partial charge in [-0.25, -0.2) is 8.42 Å². The molecule has 1 N–H and O–H groups in total. The molecule has 2 aromatic rings. The minimum absolute atomic E-state index is 0.384. The number of nitrogens with zero attached hydrogens (tertiary/aromatic N) is 1. The van der Waals surface area contributed by atoms with Gasteiger partial charge in [0.25, 0.3) is 0 Å². The lowest BCUT2D eigenvalue weighted by Crippen LogP contribution is -2.31. The molecule has 24 heavy (non-hydrogen) atoms. The van der Waals surface area contributed by atoms with E-state index in [2.05, 4.69) is 17.4 Å². The van der Waals surface area contributed by atoms with Gasteiger partial charge in [-0.3, -0.25) is 0 Å². The van der Waals surface area contributed by atoms with E-state index < -0.39 is 10.0 Å². The molecule has 0 aromatic heterocycles. The lowest BCUT2D eigenvalue weighted by Gasteiger charge is -2.20. The minimum atomic E-state index is -3.36. The zero-order valence-corrected chi connectivity index (χ0v) is 14.6. The molecule has 0 amide bonds. The van der Waals surface area contributed by atoms with E-state index in [4.69, 9.17) is 0 Å². The first-order valence-electron chi connectivity index (χ1n) is 8.54. The second-order valence-electron chi connectivity index (χ2n) is 6.18. The van der Waals surface area contributed by atoms with E-state index in [0.717, 1.165) is 37.9 Å². The Balaban J connectivity index is 1.67. The summed E-state index contributed by atoms with van der Waals surface area (Å²) in [5.41, 5.74) is 2.12. The first kappa shape index (κ1) is 17.0. The summed E-state index contributed by atoms with van der Waals surface area (Å²) < 4.78 is 27.1. The highest BCUT2D eigenvalue weighted by Gasteiger charge is 2.24. The molecule has 4 nitrogen and oxygen atoms in total. The summed E-state index contributed by atoms with van der Waals surface area (Å²) in [5.74, 6) is 0. The van der Waals surface area contributed by atoms with E-state index in [1.165, 1.54) is 5.56 Å². The van der Waals surface area contributed by atoms with Gasteiger partial charge in [-0.1, -0.05) is 43.2 Å². The van der Waals surface area contributed by atoms with E-state index in [-0.39, 0.29) is 0 Å². The second kappa shape index (κ2) is 7.81. The largest absolute Gasteiger partial charge is 0.381 e. The Bertz CT molecular complexity index is 735. The van der Waals surface area contributed by atoms with Gasteiger partial charge in [-0.2, -0.15) is 4.31 Å². The second-order valence-corrected chi connectivity index (χ2v) is 8.12. The van der Waals surface area contributed by atoms with Crippen molar-refractivity contribution in [2.45, 2.75) is 37.1 Å². The van der Waals surface area contributed by atoms with Crippen LogP contribution in [-0.4, -0.2) is 25.8 Å². The van der Waals surface area contributed by atoms with Gasteiger partial charge in [-0.05, 0) is 42.7 Å². The van der Waals surface area contributed by atoms with E-state index in [0.29, 0.717) is 18.0 Å². The van der Waals surface area contributed by atoms with Crippen molar-refractivity contribution in [3.8, 4) is 0 Å². The Kier molecular flexibility index (Phi) is 5.53. The SMILES string of the molecule is O=S(=O)(c1ccc(NCc2ccccc2)cc1)N1CCCCCC1. The lowest BCUT2D eigenvalue weighted by molar-refractivity contribution is 0.424. The molecule has 0 atom stereocenters. The number of hydrogen-bond donors (Lipinski definition) is 1. The molecule has 0 radical (unpaired) electrons. The highest BCUT2D eigenvalue weighted by Crippen LogP contribution is 2.22. The normalized spacial score (nSPS) is 16.5. The quantitative estimate of drug-likeness (QED) is 0.896. The molecule has 3 rings (SSSR count). The van der Waals surface area contributed by atoms with Crippen LogP contribution in [0.15, 0.2) is 59.5 Å². The monoisotopic (exact) mass is 344 g/mol. The van der Waals surface area contributed by atoms with Crippen LogP contribution in [-0.2, 0) is 16.6 Å². The van der Waals surface area contributed by atoms with Gasteiger partial charge >= 0.3 is 0 Å². The predicted octanol–water partition coefficient (Wildman–Crippen LogP) is 3.86. The summed E-state index contributed by atoms with van der Waals surface area (Å²) in [6, 6.07) is 17.2. The maximum atomic E-state index is 12.7. The zero-order valence-electron chi connectivity index (χ0n) is 13.8. The molecule has 1 fully saturated rings. The average Bonchev–Trinajstić information content (AvgIpc) is 2.91. The number of nitrogens with one attached hydrogen (secondary N) is 1. The maximum Gasteiger partial charge on any atom is 0.243 e. The molecule has 0 saturated carbocycles. The summed E-state index contributed by atoms with van der Waals surface area (Å²) in [4.78, 5) is 0.384. The molecule has 1 saturated heterocycles. The van der Waals surface area contributed by atoms with Crippen LogP contribution in [0.1, 0.15) is 31.2 Å². The lowest BCUT2D eigenvalue weighted by atomic mass is 10.2. The molecule has 1 aliphatic rings. The van der Waals surface area contributed by atoms with Crippen molar-refractivity contribution >= 4 is 15.7 Å². The summed E-state index contributed by atoms with van der Waals surface area (Å²) in [5, 5.41) is 3.32. The van der Waals surface area contributed by atoms with Gasteiger partial charge in [0, 0.05) is 25.3 Å². The van der Waals surface area contributed by atoms with E-state index in [9.17, 15) is 8.42 Å². The summed E-state index contributed by atoms with van der Waals surface area (Å²) in [7, 11) is -3.36. The smallest absolute Gasteiger partial charge is 0.243 e. The first-order valence-corrected chi connectivity index (χ1v) is 9.98. The van der Waals surface area contributed by atoms with E-state index >= 15 is 0 Å². The Morgan fingerprint density at radius 1 is 0.833 bits per heavy atom. The fourth-order valence-electron chi connectivity index (χ4n) is 2.98. The molecule has 1 aliphatic heterocycles. The van der Waals surface area contributed by atoms with Crippen molar-refractivity contribution < 1.29 is 8.42 Å². The molecular formula is C19H24N2O2S. The topological polar surface area (TPSA) is 49.4 Å². The minimum Gasteiger partial charge on any atom is -0.381 e. The summed E-state index contributed by atoms with van der Waals surface area (Å²) >= 11 is 0. The maximum absolute atomic E-state index is 12.7. The van der Waals surface area contributed by atoms with Gasteiger partial charge in [0.1, 0.15) is 0 Å². The van der Waals surface area contributed by atoms with E-state index in [1.807, 2.05) is 30.3 Å². The molecule has 2 aromatic carbocycles. The van der Waals surface area contributed by atoms with Crippen LogP contribution >= 0.6 is 0 Å². The van der Waals surface area contributed by atoms with Crippen molar-refractivity contribution in [1.29, 1.82) is 0 Å². The van der Waals surface area contributed by atoms with Gasteiger partial charge in [-0.15, -0.1) is 0 Å². The summed E-state index contributed by atoms with van der Waals surface area (Å²) in [6.07, 6.45) is 4.15. The van der Waals surface area contributed by atoms with Crippen molar-refractivity contribution in [1.82, 2.24) is 4.31 Å². The highest BCUT2D eigenvalue weighted by molar-refractivity contribution is 7.89. The molecule has 128 valence electrons. The van der Waals surface area contributed by atoms with Gasteiger partial charge in [0.05, 0.1) is 4.90 Å². The zero-order chi connectivity index (χ0) is 16.8. The Hall–Kier alpha value is -1.85. The Morgan fingerprint density at radius 2 is 1.46 bits per heavy atom. The van der Waals surface area contributed by atoms with Crippen LogP contribution in [0.25, 0.3) is 0 Å². The third-order valence-electron chi connectivity index (χ3n) is 4.40. The van der Waals surface area contributed by atoms with Crippen LogP contribution in [0, 0.1) is 0 Å². The van der Waals surface area contributed by atoms with Crippen LogP contribution in [0.3, 0.4) is 0 Å². The van der Waals surface area contributed by atoms with Crippen molar-refractivity contribution in [3.05, 3.63) is 60.2 Å². The van der Waals surface area contributed by atoms with Crippen LogP contribution in [0.5, 0.6) is 0 Å². The summed E-state index contributed by atoms with van der Waals surface area (Å²) in [6.45, 7) is 1.99. The van der Waals surface area contributed by atoms with Crippen LogP contribution < -0.4 is 5.32 Å². The van der Waals surface area contributed by atoms with Crippen molar-refractivity contribution in [3.63, 3.8) is 0 Å². The van der Waals surface area contributed by atoms with Gasteiger partial charge in [0.15, 0.2) is 0 Å². The number of benzene rings is 2. The molecule has 0 spiro atoms. The number of hydrogen-bond acceptors (Lipinski definition) is 3. The van der Waals surface area contributed by atoms with Gasteiger partial charge in [0.2, 0.25) is 10.0 Å². The number of sulfonamides is 1. The van der Waals surface area contributed by atoms with E-state index in [1.54, 1.807) is 16.4 Å². The molecule has 0 bridgehead atoms. The first-order chi connectivity index (χ1) is 11.7.